The predicted octanol–water partition coefficient (Wildman–Crippen LogP) is 0.848. The maximum atomic E-state index is 12.5. The largest absolute Gasteiger partial charge is 0.374 e. The van der Waals surface area contributed by atoms with Crippen molar-refractivity contribution in [2.75, 3.05) is 32.5 Å². The van der Waals surface area contributed by atoms with Crippen LogP contribution < -0.4 is 5.32 Å². The van der Waals surface area contributed by atoms with Crippen molar-refractivity contribution in [1.29, 1.82) is 0 Å². The summed E-state index contributed by atoms with van der Waals surface area (Å²) in [5.41, 5.74) is 1.50. The van der Waals surface area contributed by atoms with E-state index in [2.05, 4.69) is 15.5 Å². The first-order chi connectivity index (χ1) is 11.9. The van der Waals surface area contributed by atoms with Gasteiger partial charge in [-0.15, -0.1) is 0 Å². The number of aromatic nitrogens is 2. The van der Waals surface area contributed by atoms with E-state index in [1.165, 1.54) is 29.8 Å². The van der Waals surface area contributed by atoms with Gasteiger partial charge in [0.25, 0.3) is 5.91 Å². The number of rotatable bonds is 5. The highest BCUT2D eigenvalue weighted by molar-refractivity contribution is 7.88. The molecule has 9 heteroatoms. The van der Waals surface area contributed by atoms with Gasteiger partial charge >= 0.3 is 0 Å². The van der Waals surface area contributed by atoms with Gasteiger partial charge in [0.05, 0.1) is 36.4 Å². The van der Waals surface area contributed by atoms with Crippen molar-refractivity contribution in [3.05, 3.63) is 17.5 Å². The van der Waals surface area contributed by atoms with E-state index in [1.54, 1.807) is 6.20 Å². The van der Waals surface area contributed by atoms with Crippen LogP contribution in [0.1, 0.15) is 54.1 Å². The van der Waals surface area contributed by atoms with Gasteiger partial charge in [-0.3, -0.25) is 9.89 Å². The van der Waals surface area contributed by atoms with Crippen molar-refractivity contribution in [3.63, 3.8) is 0 Å². The van der Waals surface area contributed by atoms with Crippen molar-refractivity contribution in [3.8, 4) is 0 Å². The van der Waals surface area contributed by atoms with Crippen LogP contribution in [0.25, 0.3) is 0 Å². The van der Waals surface area contributed by atoms with Gasteiger partial charge in [0.15, 0.2) is 0 Å². The molecule has 25 heavy (non-hydrogen) atoms. The van der Waals surface area contributed by atoms with Gasteiger partial charge in [-0.1, -0.05) is 19.3 Å². The fourth-order valence-corrected chi connectivity index (χ4v) is 4.44. The van der Waals surface area contributed by atoms with Crippen molar-refractivity contribution < 1.29 is 17.9 Å². The zero-order valence-electron chi connectivity index (χ0n) is 14.5. The Labute approximate surface area is 148 Å². The molecule has 1 aromatic heterocycles. The summed E-state index contributed by atoms with van der Waals surface area (Å²) >= 11 is 0. The highest BCUT2D eigenvalue weighted by atomic mass is 32.2. The Morgan fingerprint density at radius 1 is 1.40 bits per heavy atom. The average molecular weight is 370 g/mol. The van der Waals surface area contributed by atoms with Crippen molar-refractivity contribution in [1.82, 2.24) is 19.8 Å². The molecule has 2 N–H and O–H groups in total. The van der Waals surface area contributed by atoms with Crippen LogP contribution >= 0.6 is 0 Å². The molecule has 0 aromatic carbocycles. The summed E-state index contributed by atoms with van der Waals surface area (Å²) in [5, 5.41) is 9.91. The second-order valence-corrected chi connectivity index (χ2v) is 8.84. The molecule has 0 spiro atoms. The Morgan fingerprint density at radius 2 is 2.16 bits per heavy atom. The summed E-state index contributed by atoms with van der Waals surface area (Å²) in [5.74, 6) is 0.179. The van der Waals surface area contributed by atoms with E-state index in [4.69, 9.17) is 4.74 Å². The number of H-pyrrole nitrogens is 1. The molecule has 0 radical (unpaired) electrons. The van der Waals surface area contributed by atoms with E-state index < -0.39 is 10.0 Å². The number of morpholine rings is 1. The zero-order valence-corrected chi connectivity index (χ0v) is 15.3. The Hall–Kier alpha value is -1.45. The number of carbonyl (C=O) groups is 1. The van der Waals surface area contributed by atoms with Crippen LogP contribution in [0.15, 0.2) is 6.20 Å². The number of hydrogen-bond donors (Lipinski definition) is 2. The molecule has 2 heterocycles. The molecular formula is C16H26N4O4S. The lowest BCUT2D eigenvalue weighted by Crippen LogP contribution is -2.49. The lowest BCUT2D eigenvalue weighted by atomic mass is 9.85. The number of hydrogen-bond acceptors (Lipinski definition) is 5. The number of carbonyl (C=O) groups excluding carboxylic acids is 1. The maximum Gasteiger partial charge on any atom is 0.254 e. The number of amides is 1. The first-order valence-corrected chi connectivity index (χ1v) is 10.7. The van der Waals surface area contributed by atoms with Gasteiger partial charge in [0.1, 0.15) is 0 Å². The quantitative estimate of drug-likeness (QED) is 0.799. The third-order valence-corrected chi connectivity index (χ3v) is 6.26. The molecule has 1 amide bonds. The predicted molar refractivity (Wildman–Crippen MR) is 92.9 cm³/mol. The normalized spacial score (nSPS) is 23.5. The van der Waals surface area contributed by atoms with Gasteiger partial charge in [0, 0.05) is 25.6 Å². The maximum absolute atomic E-state index is 12.5. The van der Waals surface area contributed by atoms with E-state index in [0.29, 0.717) is 24.6 Å². The lowest BCUT2D eigenvalue weighted by Gasteiger charge is -2.31. The van der Waals surface area contributed by atoms with Crippen LogP contribution in [-0.2, 0) is 14.8 Å². The standard InChI is InChI=1S/C16H26N4O4S/c1-25(22,23)20-7-8-24-13(11-20)9-17-16(21)14-10-18-19-15(14)12-5-3-2-4-6-12/h10,12-13H,2-9,11H2,1H3,(H,17,21)(H,18,19)/t13-/m0/s1. The van der Waals surface area contributed by atoms with E-state index in [-0.39, 0.29) is 25.1 Å². The molecule has 0 unspecified atom stereocenters. The smallest absolute Gasteiger partial charge is 0.254 e. The van der Waals surface area contributed by atoms with Gasteiger partial charge in [-0.2, -0.15) is 9.40 Å². The topological polar surface area (TPSA) is 104 Å². The fraction of sp³-hybridized carbons (Fsp3) is 0.750. The highest BCUT2D eigenvalue weighted by Crippen LogP contribution is 2.33. The Kier molecular flexibility index (Phi) is 5.75. The van der Waals surface area contributed by atoms with E-state index >= 15 is 0 Å². The molecule has 1 aliphatic carbocycles. The second-order valence-electron chi connectivity index (χ2n) is 6.86. The number of ether oxygens (including phenoxy) is 1. The summed E-state index contributed by atoms with van der Waals surface area (Å²) in [4.78, 5) is 12.5. The van der Waals surface area contributed by atoms with Crippen LogP contribution in [-0.4, -0.2) is 67.4 Å². The van der Waals surface area contributed by atoms with E-state index in [1.807, 2.05) is 0 Å². The number of nitrogens with zero attached hydrogens (tertiary/aromatic N) is 2. The van der Waals surface area contributed by atoms with Gasteiger partial charge in [-0.25, -0.2) is 8.42 Å². The van der Waals surface area contributed by atoms with Gasteiger partial charge < -0.3 is 10.1 Å². The third-order valence-electron chi connectivity index (χ3n) is 4.99. The second kappa shape index (κ2) is 7.84. The molecule has 0 bridgehead atoms. The molecule has 2 aliphatic rings. The SMILES string of the molecule is CS(=O)(=O)N1CCO[C@@H](CNC(=O)c2cn[nH]c2C2CCCCC2)C1. The molecular weight excluding hydrogens is 344 g/mol. The summed E-state index contributed by atoms with van der Waals surface area (Å²) in [6, 6.07) is 0. The lowest BCUT2D eigenvalue weighted by molar-refractivity contribution is 0.000430. The van der Waals surface area contributed by atoms with E-state index in [9.17, 15) is 13.2 Å². The molecule has 8 nitrogen and oxygen atoms in total. The number of nitrogens with one attached hydrogen (secondary N) is 2. The zero-order chi connectivity index (χ0) is 17.9. The Bertz CT molecular complexity index is 697. The Balaban J connectivity index is 1.57. The third kappa shape index (κ3) is 4.59. The molecule has 3 rings (SSSR count). The van der Waals surface area contributed by atoms with Crippen molar-refractivity contribution >= 4 is 15.9 Å². The number of sulfonamides is 1. The van der Waals surface area contributed by atoms with Gasteiger partial charge in [-0.05, 0) is 12.8 Å². The molecule has 1 aromatic rings. The molecule has 1 atom stereocenters. The first kappa shape index (κ1) is 18.3. The summed E-state index contributed by atoms with van der Waals surface area (Å²) in [6.45, 7) is 1.24. The summed E-state index contributed by atoms with van der Waals surface area (Å²) < 4.78 is 30.3. The van der Waals surface area contributed by atoms with E-state index in [0.717, 1.165) is 18.5 Å². The molecule has 1 saturated heterocycles. The van der Waals surface area contributed by atoms with Crippen molar-refractivity contribution in [2.24, 2.45) is 0 Å². The minimum Gasteiger partial charge on any atom is -0.374 e. The van der Waals surface area contributed by atoms with Crippen LogP contribution in [0, 0.1) is 0 Å². The van der Waals surface area contributed by atoms with Crippen molar-refractivity contribution in [2.45, 2.75) is 44.1 Å². The van der Waals surface area contributed by atoms with Crippen LogP contribution in [0.3, 0.4) is 0 Å². The van der Waals surface area contributed by atoms with Crippen LogP contribution in [0.5, 0.6) is 0 Å². The average Bonchev–Trinajstić information content (AvgIpc) is 3.10. The minimum atomic E-state index is -3.24. The fourth-order valence-electron chi connectivity index (χ4n) is 3.60. The summed E-state index contributed by atoms with van der Waals surface area (Å²) in [6.07, 6.45) is 8.21. The first-order valence-electron chi connectivity index (χ1n) is 8.83. The minimum absolute atomic E-state index is 0.186. The van der Waals surface area contributed by atoms with Crippen LogP contribution in [0.2, 0.25) is 0 Å². The van der Waals surface area contributed by atoms with Gasteiger partial charge in [0.2, 0.25) is 10.0 Å². The Morgan fingerprint density at radius 3 is 2.88 bits per heavy atom. The highest BCUT2D eigenvalue weighted by Gasteiger charge is 2.28. The molecule has 2 fully saturated rings. The summed E-state index contributed by atoms with van der Waals surface area (Å²) in [7, 11) is -3.24. The molecule has 140 valence electrons. The van der Waals surface area contributed by atoms with Crippen LogP contribution in [0.4, 0.5) is 0 Å². The molecule has 1 aliphatic heterocycles. The number of aromatic amines is 1. The molecule has 1 saturated carbocycles. The monoisotopic (exact) mass is 370 g/mol.